The smallest absolute Gasteiger partial charge is 0.243 e. The number of hydrogen-bond donors (Lipinski definition) is 3. The molecule has 0 aliphatic carbocycles. The van der Waals surface area contributed by atoms with Crippen LogP contribution in [-0.2, 0) is 34.3 Å². The van der Waals surface area contributed by atoms with Crippen molar-refractivity contribution in [3.05, 3.63) is 52.5 Å². The van der Waals surface area contributed by atoms with Crippen molar-refractivity contribution in [1.82, 2.24) is 14.6 Å². The van der Waals surface area contributed by atoms with E-state index in [1.54, 1.807) is 4.90 Å². The van der Waals surface area contributed by atoms with Gasteiger partial charge in [-0.05, 0) is 79.2 Å². The molecule has 1 amide bonds. The number of nitrogens with zero attached hydrogens (tertiary/aromatic N) is 2. The molecule has 1 atom stereocenters. The van der Waals surface area contributed by atoms with Gasteiger partial charge in [0, 0.05) is 26.1 Å². The lowest BCUT2D eigenvalue weighted by Gasteiger charge is -2.38. The van der Waals surface area contributed by atoms with E-state index in [0.29, 0.717) is 61.6 Å². The summed E-state index contributed by atoms with van der Waals surface area (Å²) in [5.74, 6) is -0.0664. The SMILES string of the molecule is CCC1(CC)CNc2c(cc(CO)cc2S(=O)(=O)N[C@@H](Cc2nc3ccccc3s2)C(=O)N2CCC(CCF)CC2)C1. The zero-order valence-electron chi connectivity index (χ0n) is 24.4. The molecule has 0 spiro atoms. The summed E-state index contributed by atoms with van der Waals surface area (Å²) in [6.07, 6.45) is 4.60. The van der Waals surface area contributed by atoms with Crippen molar-refractivity contribution in [3.8, 4) is 0 Å². The summed E-state index contributed by atoms with van der Waals surface area (Å²) in [5.41, 5.74) is 2.73. The zero-order chi connectivity index (χ0) is 29.9. The van der Waals surface area contributed by atoms with Gasteiger partial charge in [-0.15, -0.1) is 11.3 Å². The minimum atomic E-state index is -4.18. The number of thiazole rings is 1. The van der Waals surface area contributed by atoms with Crippen LogP contribution in [0.4, 0.5) is 10.1 Å². The van der Waals surface area contributed by atoms with Gasteiger partial charge in [0.15, 0.2) is 0 Å². The molecule has 0 unspecified atom stereocenters. The van der Waals surface area contributed by atoms with E-state index in [1.165, 1.54) is 17.4 Å². The molecule has 8 nitrogen and oxygen atoms in total. The number of sulfonamides is 1. The summed E-state index contributed by atoms with van der Waals surface area (Å²) in [7, 11) is -4.18. The van der Waals surface area contributed by atoms with Gasteiger partial charge in [-0.1, -0.05) is 32.0 Å². The van der Waals surface area contributed by atoms with Crippen LogP contribution in [0, 0.1) is 11.3 Å². The number of carbonyl (C=O) groups is 1. The van der Waals surface area contributed by atoms with E-state index < -0.39 is 16.1 Å². The van der Waals surface area contributed by atoms with Crippen LogP contribution in [0.3, 0.4) is 0 Å². The van der Waals surface area contributed by atoms with Gasteiger partial charge in [0.2, 0.25) is 15.9 Å². The van der Waals surface area contributed by atoms with Gasteiger partial charge in [-0.25, -0.2) is 13.4 Å². The van der Waals surface area contributed by atoms with Crippen LogP contribution in [0.2, 0.25) is 0 Å². The molecule has 5 rings (SSSR count). The van der Waals surface area contributed by atoms with Crippen molar-refractivity contribution < 1.29 is 22.7 Å². The molecule has 2 aliphatic heterocycles. The molecule has 0 radical (unpaired) electrons. The monoisotopic (exact) mass is 616 g/mol. The summed E-state index contributed by atoms with van der Waals surface area (Å²) in [6, 6.07) is 10.00. The molecule has 0 bridgehead atoms. The molecule has 1 saturated heterocycles. The first-order chi connectivity index (χ1) is 20.2. The molecule has 2 aliphatic rings. The average Bonchev–Trinajstić information content (AvgIpc) is 3.42. The number of anilines is 1. The number of aromatic nitrogens is 1. The molecular formula is C31H41FN4O4S2. The van der Waals surface area contributed by atoms with Gasteiger partial charge in [0.1, 0.15) is 10.9 Å². The van der Waals surface area contributed by atoms with E-state index in [0.717, 1.165) is 28.6 Å². The van der Waals surface area contributed by atoms with E-state index >= 15 is 0 Å². The van der Waals surface area contributed by atoms with Crippen LogP contribution >= 0.6 is 11.3 Å². The zero-order valence-corrected chi connectivity index (χ0v) is 26.0. The van der Waals surface area contributed by atoms with Crippen molar-refractivity contribution in [2.75, 3.05) is 31.6 Å². The minimum Gasteiger partial charge on any atom is -0.392 e. The second-order valence-corrected chi connectivity index (χ2v) is 14.5. The third-order valence-electron chi connectivity index (χ3n) is 9.18. The second-order valence-electron chi connectivity index (χ2n) is 11.7. The number of hydrogen-bond acceptors (Lipinski definition) is 7. The summed E-state index contributed by atoms with van der Waals surface area (Å²) in [6.45, 7) is 5.21. The van der Waals surface area contributed by atoms with Crippen LogP contribution in [0.25, 0.3) is 10.2 Å². The lowest BCUT2D eigenvalue weighted by atomic mass is 9.74. The molecule has 3 aromatic rings. The highest BCUT2D eigenvalue weighted by Gasteiger charge is 2.37. The van der Waals surface area contributed by atoms with E-state index in [4.69, 9.17) is 0 Å². The van der Waals surface area contributed by atoms with Crippen LogP contribution in [0.15, 0.2) is 41.3 Å². The standard InChI is InChI=1S/C31H41FN4O4S2/c1-3-31(4-2)18-23-15-22(19-37)16-27(29(23)33-20-31)42(39,40)35-25(17-28-34-24-7-5-6-8-26(24)41-28)30(38)36-13-10-21(9-12-32)11-14-36/h5-8,15-16,21,25,33,35,37H,3-4,9-14,17-20H2,1-2H3/t25-/m0/s1. The molecule has 228 valence electrons. The maximum Gasteiger partial charge on any atom is 0.243 e. The van der Waals surface area contributed by atoms with Gasteiger partial charge in [0.05, 0.1) is 34.2 Å². The summed E-state index contributed by atoms with van der Waals surface area (Å²) < 4.78 is 44.9. The molecule has 42 heavy (non-hydrogen) atoms. The van der Waals surface area contributed by atoms with Crippen LogP contribution in [-0.4, -0.2) is 61.7 Å². The Morgan fingerprint density at radius 1 is 1.24 bits per heavy atom. The lowest BCUT2D eigenvalue weighted by molar-refractivity contribution is -0.134. The predicted octanol–water partition coefficient (Wildman–Crippen LogP) is 5.05. The normalized spacial score (nSPS) is 18.0. The molecule has 3 heterocycles. The van der Waals surface area contributed by atoms with Crippen molar-refractivity contribution in [3.63, 3.8) is 0 Å². The van der Waals surface area contributed by atoms with Gasteiger partial charge >= 0.3 is 0 Å². The number of halogens is 1. The van der Waals surface area contributed by atoms with E-state index in [1.807, 2.05) is 30.3 Å². The van der Waals surface area contributed by atoms with Crippen molar-refractivity contribution in [2.45, 2.75) is 76.3 Å². The molecule has 3 N–H and O–H groups in total. The number of alkyl halides is 1. The summed E-state index contributed by atoms with van der Waals surface area (Å²) >= 11 is 1.45. The Morgan fingerprint density at radius 2 is 1.98 bits per heavy atom. The molecule has 0 saturated carbocycles. The predicted molar refractivity (Wildman–Crippen MR) is 165 cm³/mol. The first-order valence-electron chi connectivity index (χ1n) is 14.9. The number of aliphatic hydroxyl groups is 1. The molecule has 1 fully saturated rings. The van der Waals surface area contributed by atoms with Crippen LogP contribution in [0.1, 0.15) is 62.1 Å². The molecule has 1 aromatic heterocycles. The van der Waals surface area contributed by atoms with Gasteiger partial charge in [-0.3, -0.25) is 9.18 Å². The minimum absolute atomic E-state index is 0.00909. The van der Waals surface area contributed by atoms with Crippen molar-refractivity contribution >= 4 is 43.2 Å². The van der Waals surface area contributed by atoms with E-state index in [-0.39, 0.29) is 41.8 Å². The van der Waals surface area contributed by atoms with Gasteiger partial charge in [-0.2, -0.15) is 4.72 Å². The highest BCUT2D eigenvalue weighted by molar-refractivity contribution is 7.89. The van der Waals surface area contributed by atoms with E-state index in [9.17, 15) is 22.7 Å². The quantitative estimate of drug-likeness (QED) is 0.278. The highest BCUT2D eigenvalue weighted by atomic mass is 32.2. The number of likely N-dealkylation sites (tertiary alicyclic amines) is 1. The van der Waals surface area contributed by atoms with Crippen molar-refractivity contribution in [2.24, 2.45) is 11.3 Å². The maximum atomic E-state index is 14.1. The average molecular weight is 617 g/mol. The Morgan fingerprint density at radius 3 is 2.64 bits per heavy atom. The Labute approximate surface area is 251 Å². The fourth-order valence-corrected chi connectivity index (χ4v) is 8.78. The number of amides is 1. The maximum absolute atomic E-state index is 14.1. The fourth-order valence-electron chi connectivity index (χ4n) is 6.30. The summed E-state index contributed by atoms with van der Waals surface area (Å²) in [5, 5.41) is 14.1. The number of aliphatic hydroxyl groups excluding tert-OH is 1. The molecule has 11 heteroatoms. The topological polar surface area (TPSA) is 112 Å². The Kier molecular flexibility index (Phi) is 9.51. The van der Waals surface area contributed by atoms with Crippen LogP contribution in [0.5, 0.6) is 0 Å². The number of rotatable bonds is 11. The second kappa shape index (κ2) is 13.0. The Hall–Kier alpha value is -2.60. The van der Waals surface area contributed by atoms with Crippen molar-refractivity contribution in [1.29, 1.82) is 0 Å². The van der Waals surface area contributed by atoms with Crippen LogP contribution < -0.4 is 10.0 Å². The number of para-hydroxylation sites is 1. The first kappa shape index (κ1) is 30.8. The number of fused-ring (bicyclic) bond motifs is 2. The van der Waals surface area contributed by atoms with Gasteiger partial charge < -0.3 is 15.3 Å². The summed E-state index contributed by atoms with van der Waals surface area (Å²) in [4.78, 5) is 20.3. The largest absolute Gasteiger partial charge is 0.392 e. The highest BCUT2D eigenvalue weighted by Crippen LogP contribution is 2.41. The van der Waals surface area contributed by atoms with Gasteiger partial charge in [0.25, 0.3) is 0 Å². The first-order valence-corrected chi connectivity index (χ1v) is 17.2. The third kappa shape index (κ3) is 6.49. The third-order valence-corrected chi connectivity index (χ3v) is 11.7. The molecule has 2 aromatic carbocycles. The number of piperidine rings is 1. The number of carbonyl (C=O) groups excluding carboxylic acids is 1. The Bertz CT molecular complexity index is 1480. The van der Waals surface area contributed by atoms with E-state index in [2.05, 4.69) is 28.9 Å². The number of nitrogens with one attached hydrogen (secondary N) is 2. The number of benzene rings is 2. The molecular weight excluding hydrogens is 575 g/mol. The fraction of sp³-hybridized carbons (Fsp3) is 0.548. The Balaban J connectivity index is 1.47. The lowest BCUT2D eigenvalue weighted by Crippen LogP contribution is -2.51.